The van der Waals surface area contributed by atoms with Crippen molar-refractivity contribution in [1.29, 1.82) is 0 Å². The fourth-order valence-electron chi connectivity index (χ4n) is 4.34. The van der Waals surface area contributed by atoms with E-state index in [2.05, 4.69) is 37.1 Å². The van der Waals surface area contributed by atoms with Gasteiger partial charge in [0.25, 0.3) is 0 Å². The van der Waals surface area contributed by atoms with Gasteiger partial charge >= 0.3 is 5.92 Å². The van der Waals surface area contributed by atoms with Crippen molar-refractivity contribution in [2.75, 3.05) is 6.54 Å². The van der Waals surface area contributed by atoms with Gasteiger partial charge in [-0.2, -0.15) is 8.78 Å². The fraction of sp³-hybridized carbons (Fsp3) is 0.121. The molecule has 1 atom stereocenters. The molecule has 0 radical (unpaired) electrons. The smallest absolute Gasteiger partial charge is 0.323 e. The summed E-state index contributed by atoms with van der Waals surface area (Å²) in [4.78, 5) is 11.5. The molecule has 232 valence electrons. The van der Waals surface area contributed by atoms with Crippen molar-refractivity contribution in [3.8, 4) is 29.0 Å². The van der Waals surface area contributed by atoms with Crippen molar-refractivity contribution in [2.24, 2.45) is 21.2 Å². The van der Waals surface area contributed by atoms with Crippen LogP contribution in [0.5, 0.6) is 5.75 Å². The minimum atomic E-state index is -4.19. The van der Waals surface area contributed by atoms with Crippen LogP contribution in [0.3, 0.4) is 0 Å². The Kier molecular flexibility index (Phi) is 9.49. The molecule has 0 saturated heterocycles. The van der Waals surface area contributed by atoms with E-state index in [1.165, 1.54) is 12.3 Å². The lowest BCUT2D eigenvalue weighted by molar-refractivity contribution is -0.193. The Balaban J connectivity index is 1.26. The standard InChI is InChI=1S/C33H24F4N6O3/c34-26-10-13-28(29(35)17-26)32(44,20-39-21-42-43-38)33(36,37)30-14-7-23(18-41-30)2-1-22-5-11-27(12-6-22)46-19-24-3-8-25(9-4-24)31-40-15-16-45-31/h3-18,21,44H,19-20H2,(H2,38,39,42). The Morgan fingerprint density at radius 3 is 2.33 bits per heavy atom. The van der Waals surface area contributed by atoms with Crippen LogP contribution in [0.2, 0.25) is 0 Å². The topological polar surface area (TPSA) is 131 Å². The maximum absolute atomic E-state index is 15.8. The van der Waals surface area contributed by atoms with Crippen molar-refractivity contribution < 1.29 is 31.8 Å². The van der Waals surface area contributed by atoms with Crippen LogP contribution in [-0.4, -0.2) is 28.0 Å². The lowest BCUT2D eigenvalue weighted by atomic mass is 9.84. The number of nitrogens with zero attached hydrogens (tertiary/aromatic N) is 5. The van der Waals surface area contributed by atoms with Gasteiger partial charge in [0, 0.05) is 34.5 Å². The highest BCUT2D eigenvalue weighted by Crippen LogP contribution is 2.46. The number of halogens is 4. The Morgan fingerprint density at radius 1 is 0.935 bits per heavy atom. The SMILES string of the molecule is NN=NC=NCC(O)(c1ccc(F)cc1F)C(F)(F)c1ccc(C#Cc2ccc(OCc3ccc(-c4ncco4)cc3)cc2)cn1. The number of benzene rings is 3. The summed E-state index contributed by atoms with van der Waals surface area (Å²) in [5, 5.41) is 17.2. The van der Waals surface area contributed by atoms with Gasteiger partial charge in [-0.15, -0.1) is 5.11 Å². The Hall–Kier alpha value is -5.87. The quantitative estimate of drug-likeness (QED) is 0.0354. The van der Waals surface area contributed by atoms with E-state index < -0.39 is 41.0 Å². The van der Waals surface area contributed by atoms with Crippen LogP contribution in [0.15, 0.2) is 117 Å². The summed E-state index contributed by atoms with van der Waals surface area (Å²) >= 11 is 0. The number of alkyl halides is 2. The summed E-state index contributed by atoms with van der Waals surface area (Å²) in [5.74, 6) is 5.17. The molecule has 3 aromatic carbocycles. The molecule has 0 aliphatic rings. The number of ether oxygens (including phenoxy) is 1. The number of aromatic nitrogens is 2. The molecular formula is C33H24F4N6O3. The second-order valence-electron chi connectivity index (χ2n) is 9.78. The molecule has 0 fully saturated rings. The Bertz CT molecular complexity index is 1890. The number of oxazole rings is 1. The Morgan fingerprint density at radius 2 is 1.67 bits per heavy atom. The average Bonchev–Trinajstić information content (AvgIpc) is 3.61. The molecule has 0 aliphatic heterocycles. The highest BCUT2D eigenvalue weighted by molar-refractivity contribution is 5.55. The molecule has 3 N–H and O–H groups in total. The molecule has 1 unspecified atom stereocenters. The number of hydrogen-bond acceptors (Lipinski definition) is 7. The third kappa shape index (κ3) is 7.09. The molecule has 0 aliphatic carbocycles. The molecule has 0 saturated carbocycles. The molecule has 0 bridgehead atoms. The summed E-state index contributed by atoms with van der Waals surface area (Å²) in [5.41, 5.74) is -2.32. The van der Waals surface area contributed by atoms with Crippen molar-refractivity contribution in [2.45, 2.75) is 18.1 Å². The number of rotatable bonds is 10. The van der Waals surface area contributed by atoms with Gasteiger partial charge in [0.1, 0.15) is 42.3 Å². The van der Waals surface area contributed by atoms with Gasteiger partial charge in [0.2, 0.25) is 5.89 Å². The van der Waals surface area contributed by atoms with E-state index in [1.807, 2.05) is 24.3 Å². The van der Waals surface area contributed by atoms with Crippen LogP contribution in [0.25, 0.3) is 11.5 Å². The van der Waals surface area contributed by atoms with Gasteiger partial charge in [-0.1, -0.05) is 29.2 Å². The van der Waals surface area contributed by atoms with E-state index in [0.717, 1.165) is 29.5 Å². The number of nitrogens with two attached hydrogens (primary N) is 1. The van der Waals surface area contributed by atoms with Gasteiger partial charge < -0.3 is 20.1 Å². The monoisotopic (exact) mass is 628 g/mol. The molecule has 46 heavy (non-hydrogen) atoms. The largest absolute Gasteiger partial charge is 0.489 e. The number of pyridine rings is 1. The van der Waals surface area contributed by atoms with E-state index in [0.29, 0.717) is 47.8 Å². The molecule has 0 amide bonds. The first-order chi connectivity index (χ1) is 22.2. The number of aliphatic imine (C=N–C) groups is 1. The molecule has 2 aromatic heterocycles. The van der Waals surface area contributed by atoms with Crippen LogP contribution in [0, 0.1) is 23.5 Å². The van der Waals surface area contributed by atoms with Gasteiger partial charge in [0.05, 0.1) is 12.7 Å². The second-order valence-corrected chi connectivity index (χ2v) is 9.78. The van der Waals surface area contributed by atoms with Crippen LogP contribution in [0.4, 0.5) is 17.6 Å². The van der Waals surface area contributed by atoms with Crippen LogP contribution in [-0.2, 0) is 18.1 Å². The molecule has 0 spiro atoms. The van der Waals surface area contributed by atoms with Crippen LogP contribution >= 0.6 is 0 Å². The summed E-state index contributed by atoms with van der Waals surface area (Å²) < 4.78 is 70.8. The number of hydrogen-bond donors (Lipinski definition) is 2. The van der Waals surface area contributed by atoms with E-state index in [1.54, 1.807) is 30.5 Å². The molecule has 5 aromatic rings. The van der Waals surface area contributed by atoms with Crippen molar-refractivity contribution in [3.63, 3.8) is 0 Å². The van der Waals surface area contributed by atoms with Crippen LogP contribution in [0.1, 0.15) is 27.9 Å². The second kappa shape index (κ2) is 13.8. The Labute approximate surface area is 260 Å². The fourth-order valence-corrected chi connectivity index (χ4v) is 4.34. The summed E-state index contributed by atoms with van der Waals surface area (Å²) in [6, 6.07) is 18.7. The van der Waals surface area contributed by atoms with Gasteiger partial charge in [0.15, 0.2) is 5.60 Å². The van der Waals surface area contributed by atoms with E-state index in [-0.39, 0.29) is 0 Å². The van der Waals surface area contributed by atoms with Gasteiger partial charge in [-0.3, -0.25) is 9.98 Å². The molecule has 13 heteroatoms. The third-order valence-corrected chi connectivity index (χ3v) is 6.75. The zero-order valence-electron chi connectivity index (χ0n) is 23.8. The van der Waals surface area contributed by atoms with Crippen molar-refractivity contribution in [1.82, 2.24) is 9.97 Å². The van der Waals surface area contributed by atoms with Crippen molar-refractivity contribution >= 4 is 6.34 Å². The highest BCUT2D eigenvalue weighted by Gasteiger charge is 2.57. The van der Waals surface area contributed by atoms with E-state index >= 15 is 8.78 Å². The summed E-state index contributed by atoms with van der Waals surface area (Å²) in [6.45, 7) is -0.728. The molecule has 2 heterocycles. The zero-order chi connectivity index (χ0) is 32.6. The minimum absolute atomic E-state index is 0.297. The normalized spacial score (nSPS) is 13.0. The zero-order valence-corrected chi connectivity index (χ0v) is 23.8. The van der Waals surface area contributed by atoms with E-state index in [9.17, 15) is 13.9 Å². The van der Waals surface area contributed by atoms with Crippen LogP contribution < -0.4 is 10.6 Å². The van der Waals surface area contributed by atoms with E-state index in [4.69, 9.17) is 15.0 Å². The summed E-state index contributed by atoms with van der Waals surface area (Å²) in [7, 11) is 0. The van der Waals surface area contributed by atoms with Gasteiger partial charge in [-0.25, -0.2) is 13.8 Å². The first-order valence-electron chi connectivity index (χ1n) is 13.5. The first-order valence-corrected chi connectivity index (χ1v) is 13.5. The third-order valence-electron chi connectivity index (χ3n) is 6.75. The molecule has 5 rings (SSSR count). The first kappa shape index (κ1) is 31.6. The number of aliphatic hydroxyl groups is 1. The molecular weight excluding hydrogens is 604 g/mol. The minimum Gasteiger partial charge on any atom is -0.489 e. The average molecular weight is 629 g/mol. The maximum atomic E-state index is 15.8. The highest BCUT2D eigenvalue weighted by atomic mass is 19.3. The lowest BCUT2D eigenvalue weighted by Crippen LogP contribution is -2.47. The lowest BCUT2D eigenvalue weighted by Gasteiger charge is -2.34. The summed E-state index contributed by atoms with van der Waals surface area (Å²) in [6.07, 6.45) is 4.90. The molecule has 9 nitrogen and oxygen atoms in total. The maximum Gasteiger partial charge on any atom is 0.323 e. The van der Waals surface area contributed by atoms with Crippen molar-refractivity contribution in [3.05, 3.63) is 137 Å². The predicted octanol–water partition coefficient (Wildman–Crippen LogP) is 6.33. The van der Waals surface area contributed by atoms with Gasteiger partial charge in [-0.05, 0) is 66.2 Å². The predicted molar refractivity (Wildman–Crippen MR) is 159 cm³/mol.